The summed E-state index contributed by atoms with van der Waals surface area (Å²) in [5, 5.41) is 0. The molecule has 1 rings (SSSR count). The first-order chi connectivity index (χ1) is 10.6. The molecule has 1 aromatic carbocycles. The highest BCUT2D eigenvalue weighted by atomic mass is 16.5. The normalized spacial score (nSPS) is 11.0. The Morgan fingerprint density at radius 3 is 2.18 bits per heavy atom. The lowest BCUT2D eigenvalue weighted by atomic mass is 10.1. The summed E-state index contributed by atoms with van der Waals surface area (Å²) in [5.74, 6) is -0.00333. The quantitative estimate of drug-likeness (QED) is 0.546. The number of ether oxygens (including phenoxy) is 3. The van der Waals surface area contributed by atoms with Crippen LogP contribution >= 0.6 is 0 Å². The van der Waals surface area contributed by atoms with E-state index >= 15 is 0 Å². The molecule has 1 aromatic rings. The maximum absolute atomic E-state index is 12.0. The Morgan fingerprint density at radius 2 is 1.64 bits per heavy atom. The van der Waals surface area contributed by atoms with Gasteiger partial charge in [0.05, 0.1) is 20.3 Å². The fourth-order valence-electron chi connectivity index (χ4n) is 1.83. The van der Waals surface area contributed by atoms with E-state index in [4.69, 9.17) is 14.2 Å². The largest absolute Gasteiger partial charge is 0.497 e. The summed E-state index contributed by atoms with van der Waals surface area (Å²) in [4.78, 5) is 23.4. The molecule has 0 bridgehead atoms. The number of methoxy groups -OCH3 is 1. The lowest BCUT2D eigenvalue weighted by Gasteiger charge is -2.07. The standard InChI is InChI=1S/C17H22O5/c1-4-21-16(18)11-8-14(17(19)22-5-2)12-13-6-9-15(20-3)10-7-13/h6-7,9-10,12H,4-5,8,11H2,1-3H3/b14-12+. The fraction of sp³-hybridized carbons (Fsp3) is 0.412. The molecule has 0 radical (unpaired) electrons. The zero-order chi connectivity index (χ0) is 16.4. The van der Waals surface area contributed by atoms with Gasteiger partial charge in [0.1, 0.15) is 5.75 Å². The van der Waals surface area contributed by atoms with Crippen molar-refractivity contribution < 1.29 is 23.8 Å². The van der Waals surface area contributed by atoms with Gasteiger partial charge in [-0.15, -0.1) is 0 Å². The predicted octanol–water partition coefficient (Wildman–Crippen LogP) is 2.99. The summed E-state index contributed by atoms with van der Waals surface area (Å²) < 4.78 is 15.0. The molecular formula is C17H22O5. The number of hydrogen-bond donors (Lipinski definition) is 0. The topological polar surface area (TPSA) is 61.8 Å². The second-order valence-electron chi connectivity index (χ2n) is 4.47. The molecule has 0 saturated heterocycles. The van der Waals surface area contributed by atoms with Crippen molar-refractivity contribution in [2.45, 2.75) is 26.7 Å². The molecule has 0 aliphatic heterocycles. The van der Waals surface area contributed by atoms with Gasteiger partial charge in [-0.2, -0.15) is 0 Å². The zero-order valence-electron chi connectivity index (χ0n) is 13.3. The van der Waals surface area contributed by atoms with Crippen molar-refractivity contribution in [3.8, 4) is 5.75 Å². The molecule has 0 aromatic heterocycles. The second kappa shape index (κ2) is 9.60. The van der Waals surface area contributed by atoms with Gasteiger partial charge in [0, 0.05) is 12.0 Å². The maximum atomic E-state index is 12.0. The van der Waals surface area contributed by atoms with Crippen molar-refractivity contribution in [1.82, 2.24) is 0 Å². The molecule has 5 nitrogen and oxygen atoms in total. The van der Waals surface area contributed by atoms with E-state index < -0.39 is 5.97 Å². The van der Waals surface area contributed by atoms with E-state index in [1.807, 2.05) is 12.1 Å². The second-order valence-corrected chi connectivity index (χ2v) is 4.47. The van der Waals surface area contributed by atoms with Gasteiger partial charge in [0.25, 0.3) is 0 Å². The van der Waals surface area contributed by atoms with E-state index in [0.717, 1.165) is 11.3 Å². The number of hydrogen-bond acceptors (Lipinski definition) is 5. The molecule has 0 N–H and O–H groups in total. The molecule has 0 aliphatic carbocycles. The summed E-state index contributed by atoms with van der Waals surface area (Å²) in [7, 11) is 1.59. The van der Waals surface area contributed by atoms with Crippen LogP contribution < -0.4 is 4.74 Å². The van der Waals surface area contributed by atoms with Crippen LogP contribution in [0.2, 0.25) is 0 Å². The highest BCUT2D eigenvalue weighted by molar-refractivity contribution is 5.94. The van der Waals surface area contributed by atoms with Crippen LogP contribution in [0.25, 0.3) is 6.08 Å². The smallest absolute Gasteiger partial charge is 0.334 e. The molecule has 0 spiro atoms. The van der Waals surface area contributed by atoms with Crippen LogP contribution in [0.1, 0.15) is 32.3 Å². The molecular weight excluding hydrogens is 284 g/mol. The average Bonchev–Trinajstić information content (AvgIpc) is 2.52. The first-order valence-corrected chi connectivity index (χ1v) is 7.28. The zero-order valence-corrected chi connectivity index (χ0v) is 13.3. The van der Waals surface area contributed by atoms with Crippen LogP contribution in [-0.4, -0.2) is 32.3 Å². The third-order valence-corrected chi connectivity index (χ3v) is 2.90. The molecule has 0 aliphatic rings. The Bertz CT molecular complexity index is 516. The van der Waals surface area contributed by atoms with E-state index in [1.165, 1.54) is 0 Å². The minimum Gasteiger partial charge on any atom is -0.497 e. The number of carbonyl (C=O) groups is 2. The molecule has 0 atom stereocenters. The van der Waals surface area contributed by atoms with Crippen molar-refractivity contribution in [3.63, 3.8) is 0 Å². The number of carbonyl (C=O) groups excluding carboxylic acids is 2. The summed E-state index contributed by atoms with van der Waals surface area (Å²) in [6, 6.07) is 7.28. The van der Waals surface area contributed by atoms with Gasteiger partial charge in [0.2, 0.25) is 0 Å². The summed E-state index contributed by atoms with van der Waals surface area (Å²) in [6.07, 6.45) is 2.15. The Hall–Kier alpha value is -2.30. The monoisotopic (exact) mass is 306 g/mol. The number of rotatable bonds is 8. The molecule has 0 amide bonds. The lowest BCUT2D eigenvalue weighted by molar-refractivity contribution is -0.143. The van der Waals surface area contributed by atoms with Crippen LogP contribution in [0.4, 0.5) is 0 Å². The van der Waals surface area contributed by atoms with Gasteiger partial charge in [-0.1, -0.05) is 12.1 Å². The summed E-state index contributed by atoms with van der Waals surface area (Å²) in [5.41, 5.74) is 1.28. The average molecular weight is 306 g/mol. The fourth-order valence-corrected chi connectivity index (χ4v) is 1.83. The van der Waals surface area contributed by atoms with Gasteiger partial charge in [0.15, 0.2) is 0 Å². The van der Waals surface area contributed by atoms with Crippen LogP contribution in [0.5, 0.6) is 5.75 Å². The van der Waals surface area contributed by atoms with Crippen molar-refractivity contribution >= 4 is 18.0 Å². The van der Waals surface area contributed by atoms with Gasteiger partial charge in [-0.25, -0.2) is 4.79 Å². The molecule has 120 valence electrons. The van der Waals surface area contributed by atoms with E-state index in [-0.39, 0.29) is 25.4 Å². The van der Waals surface area contributed by atoms with Crippen molar-refractivity contribution in [1.29, 1.82) is 0 Å². The Labute approximate surface area is 130 Å². The molecule has 0 heterocycles. The highest BCUT2D eigenvalue weighted by Crippen LogP contribution is 2.17. The Kier molecular flexibility index (Phi) is 7.75. The molecule has 0 saturated carbocycles. The van der Waals surface area contributed by atoms with Gasteiger partial charge in [-0.3, -0.25) is 4.79 Å². The number of esters is 2. The SMILES string of the molecule is CCOC(=O)CC/C(=C\c1ccc(OC)cc1)C(=O)OCC. The molecule has 22 heavy (non-hydrogen) atoms. The van der Waals surface area contributed by atoms with E-state index in [9.17, 15) is 9.59 Å². The molecule has 5 heteroatoms. The van der Waals surface area contributed by atoms with Crippen LogP contribution in [0, 0.1) is 0 Å². The van der Waals surface area contributed by atoms with Crippen molar-refractivity contribution in [3.05, 3.63) is 35.4 Å². The summed E-state index contributed by atoms with van der Waals surface area (Å²) in [6.45, 7) is 4.11. The van der Waals surface area contributed by atoms with E-state index in [2.05, 4.69) is 0 Å². The minimum atomic E-state index is -0.414. The highest BCUT2D eigenvalue weighted by Gasteiger charge is 2.13. The van der Waals surface area contributed by atoms with E-state index in [1.54, 1.807) is 39.2 Å². The minimum absolute atomic E-state index is 0.147. The maximum Gasteiger partial charge on any atom is 0.334 e. The number of benzene rings is 1. The molecule has 0 unspecified atom stereocenters. The van der Waals surface area contributed by atoms with Crippen LogP contribution in [0.3, 0.4) is 0 Å². The Morgan fingerprint density at radius 1 is 1.00 bits per heavy atom. The van der Waals surface area contributed by atoms with Gasteiger partial charge >= 0.3 is 11.9 Å². The lowest BCUT2D eigenvalue weighted by Crippen LogP contribution is -2.11. The Balaban J connectivity index is 2.85. The first-order valence-electron chi connectivity index (χ1n) is 7.28. The predicted molar refractivity (Wildman–Crippen MR) is 83.5 cm³/mol. The van der Waals surface area contributed by atoms with Crippen molar-refractivity contribution in [2.75, 3.05) is 20.3 Å². The van der Waals surface area contributed by atoms with Crippen molar-refractivity contribution in [2.24, 2.45) is 0 Å². The third-order valence-electron chi connectivity index (χ3n) is 2.90. The first kappa shape index (κ1) is 17.8. The molecule has 0 fully saturated rings. The van der Waals surface area contributed by atoms with Crippen LogP contribution in [0.15, 0.2) is 29.8 Å². The van der Waals surface area contributed by atoms with E-state index in [0.29, 0.717) is 12.2 Å². The van der Waals surface area contributed by atoms with Crippen LogP contribution in [-0.2, 0) is 19.1 Å². The third kappa shape index (κ3) is 5.99. The van der Waals surface area contributed by atoms with Gasteiger partial charge < -0.3 is 14.2 Å². The summed E-state index contributed by atoms with van der Waals surface area (Å²) >= 11 is 0. The van der Waals surface area contributed by atoms with Gasteiger partial charge in [-0.05, 0) is 44.0 Å².